The van der Waals surface area contributed by atoms with E-state index in [4.69, 9.17) is 23.2 Å². The molecule has 15 heavy (non-hydrogen) atoms. The fraction of sp³-hybridized carbons (Fsp3) is 0.0909. The molecule has 0 aliphatic rings. The van der Waals surface area contributed by atoms with E-state index in [-0.39, 0.29) is 0 Å². The minimum absolute atomic E-state index is 0.419. The van der Waals surface area contributed by atoms with Gasteiger partial charge in [-0.3, -0.25) is 0 Å². The summed E-state index contributed by atoms with van der Waals surface area (Å²) in [5, 5.41) is 0.649. The lowest BCUT2D eigenvalue weighted by Gasteiger charge is -2.02. The number of rotatable bonds is 2. The highest BCUT2D eigenvalue weighted by atomic mass is 35.5. The third-order valence-corrected chi connectivity index (χ3v) is 2.61. The quantitative estimate of drug-likeness (QED) is 0.749. The summed E-state index contributed by atoms with van der Waals surface area (Å²) in [6, 6.07) is 7.48. The lowest BCUT2D eigenvalue weighted by Crippen LogP contribution is -1.91. The second-order valence-corrected chi connectivity index (χ2v) is 3.70. The predicted molar refractivity (Wildman–Crippen MR) is 62.0 cm³/mol. The Balaban J connectivity index is 2.42. The number of aromatic nitrogens is 2. The van der Waals surface area contributed by atoms with Crippen molar-refractivity contribution in [3.8, 4) is 11.4 Å². The smallest absolute Gasteiger partial charge is 0.160 e. The molecule has 0 aliphatic heterocycles. The normalized spacial score (nSPS) is 10.3. The van der Waals surface area contributed by atoms with E-state index in [0.717, 1.165) is 11.1 Å². The first-order chi connectivity index (χ1) is 7.31. The third-order valence-electron chi connectivity index (χ3n) is 1.97. The zero-order chi connectivity index (χ0) is 10.7. The number of hydrogen-bond donors (Lipinski definition) is 0. The van der Waals surface area contributed by atoms with E-state index < -0.39 is 0 Å². The lowest BCUT2D eigenvalue weighted by atomic mass is 10.2. The molecule has 2 nitrogen and oxygen atoms in total. The van der Waals surface area contributed by atoms with Crippen LogP contribution in [0.25, 0.3) is 11.4 Å². The molecule has 2 rings (SSSR count). The molecule has 0 N–H and O–H groups in total. The van der Waals surface area contributed by atoms with E-state index >= 15 is 0 Å². The van der Waals surface area contributed by atoms with Crippen LogP contribution in [-0.2, 0) is 5.88 Å². The molecule has 2 aromatic rings. The first kappa shape index (κ1) is 10.4. The van der Waals surface area contributed by atoms with Crippen LogP contribution < -0.4 is 0 Å². The van der Waals surface area contributed by atoms with Crippen molar-refractivity contribution in [2.75, 3.05) is 0 Å². The first-order valence-electron chi connectivity index (χ1n) is 4.43. The summed E-state index contributed by atoms with van der Waals surface area (Å²) >= 11 is 11.7. The van der Waals surface area contributed by atoms with Crippen LogP contribution in [0.3, 0.4) is 0 Å². The summed E-state index contributed by atoms with van der Waals surface area (Å²) in [6.07, 6.45) is 3.41. The Kier molecular flexibility index (Phi) is 3.19. The molecule has 0 saturated heterocycles. The number of hydrogen-bond acceptors (Lipinski definition) is 2. The molecule has 1 aromatic heterocycles. The standard InChI is InChI=1S/C11H8Cl2N2/c12-5-8-6-14-11(15-7-8)9-3-1-2-4-10(9)13/h1-4,6-7H,5H2. The summed E-state index contributed by atoms with van der Waals surface area (Å²) < 4.78 is 0. The molecule has 0 bridgehead atoms. The predicted octanol–water partition coefficient (Wildman–Crippen LogP) is 3.54. The highest BCUT2D eigenvalue weighted by molar-refractivity contribution is 6.33. The van der Waals surface area contributed by atoms with Gasteiger partial charge in [0.05, 0.1) is 10.9 Å². The van der Waals surface area contributed by atoms with Crippen LogP contribution in [0.15, 0.2) is 36.7 Å². The Morgan fingerprint density at radius 1 is 1.07 bits per heavy atom. The van der Waals surface area contributed by atoms with Crippen LogP contribution in [-0.4, -0.2) is 9.97 Å². The number of halogens is 2. The molecule has 0 aliphatic carbocycles. The summed E-state index contributed by atoms with van der Waals surface area (Å²) in [7, 11) is 0. The minimum Gasteiger partial charge on any atom is -0.236 e. The molecule has 0 saturated carbocycles. The van der Waals surface area contributed by atoms with Gasteiger partial charge in [0, 0.05) is 23.5 Å². The van der Waals surface area contributed by atoms with E-state index in [9.17, 15) is 0 Å². The van der Waals surface area contributed by atoms with E-state index in [1.54, 1.807) is 12.4 Å². The van der Waals surface area contributed by atoms with Gasteiger partial charge < -0.3 is 0 Å². The van der Waals surface area contributed by atoms with Gasteiger partial charge in [0.2, 0.25) is 0 Å². The topological polar surface area (TPSA) is 25.8 Å². The molecular formula is C11H8Cl2N2. The maximum atomic E-state index is 6.03. The van der Waals surface area contributed by atoms with E-state index in [0.29, 0.717) is 16.7 Å². The maximum Gasteiger partial charge on any atom is 0.160 e. The minimum atomic E-state index is 0.419. The third kappa shape index (κ3) is 2.28. The Bertz CT molecular complexity index is 454. The number of alkyl halides is 1. The van der Waals surface area contributed by atoms with E-state index in [2.05, 4.69) is 9.97 Å². The SMILES string of the molecule is ClCc1cnc(-c2ccccc2Cl)nc1. The van der Waals surface area contributed by atoms with Gasteiger partial charge in [0.25, 0.3) is 0 Å². The zero-order valence-corrected chi connectivity index (χ0v) is 9.33. The van der Waals surface area contributed by atoms with E-state index in [1.165, 1.54) is 0 Å². The fourth-order valence-electron chi connectivity index (χ4n) is 1.21. The van der Waals surface area contributed by atoms with Crippen molar-refractivity contribution in [3.63, 3.8) is 0 Å². The van der Waals surface area contributed by atoms with Gasteiger partial charge in [-0.2, -0.15) is 0 Å². The highest BCUT2D eigenvalue weighted by Crippen LogP contribution is 2.23. The van der Waals surface area contributed by atoms with Crippen LogP contribution in [0, 0.1) is 0 Å². The second-order valence-electron chi connectivity index (χ2n) is 3.03. The van der Waals surface area contributed by atoms with Crippen molar-refractivity contribution in [1.82, 2.24) is 9.97 Å². The first-order valence-corrected chi connectivity index (χ1v) is 5.34. The highest BCUT2D eigenvalue weighted by Gasteiger charge is 2.04. The van der Waals surface area contributed by atoms with Gasteiger partial charge in [0.15, 0.2) is 5.82 Å². The zero-order valence-electron chi connectivity index (χ0n) is 7.82. The Morgan fingerprint density at radius 2 is 1.73 bits per heavy atom. The number of nitrogens with zero attached hydrogens (tertiary/aromatic N) is 2. The average Bonchev–Trinajstić information content (AvgIpc) is 2.30. The second kappa shape index (κ2) is 4.60. The molecule has 0 radical (unpaired) electrons. The molecule has 76 valence electrons. The number of benzene rings is 1. The van der Waals surface area contributed by atoms with Crippen molar-refractivity contribution in [3.05, 3.63) is 47.2 Å². The molecule has 0 fully saturated rings. The average molecular weight is 239 g/mol. The van der Waals surface area contributed by atoms with Crippen LogP contribution in [0.5, 0.6) is 0 Å². The molecule has 0 unspecified atom stereocenters. The molecule has 4 heteroatoms. The van der Waals surface area contributed by atoms with E-state index in [1.807, 2.05) is 24.3 Å². The van der Waals surface area contributed by atoms with Gasteiger partial charge in [-0.15, -0.1) is 11.6 Å². The molecule has 1 heterocycles. The van der Waals surface area contributed by atoms with Crippen molar-refractivity contribution < 1.29 is 0 Å². The Morgan fingerprint density at radius 3 is 2.33 bits per heavy atom. The summed E-state index contributed by atoms with van der Waals surface area (Å²) in [4.78, 5) is 8.40. The molecule has 1 aromatic carbocycles. The van der Waals surface area contributed by atoms with Crippen molar-refractivity contribution in [2.45, 2.75) is 5.88 Å². The van der Waals surface area contributed by atoms with Gasteiger partial charge in [0.1, 0.15) is 0 Å². The molecule has 0 spiro atoms. The van der Waals surface area contributed by atoms with Crippen LogP contribution in [0.4, 0.5) is 0 Å². The van der Waals surface area contributed by atoms with Gasteiger partial charge in [-0.1, -0.05) is 23.7 Å². The monoisotopic (exact) mass is 238 g/mol. The summed E-state index contributed by atoms with van der Waals surface area (Å²) in [5.41, 5.74) is 1.73. The fourth-order valence-corrected chi connectivity index (χ4v) is 1.56. The molecule has 0 amide bonds. The van der Waals surface area contributed by atoms with Crippen molar-refractivity contribution >= 4 is 23.2 Å². The summed E-state index contributed by atoms with van der Waals surface area (Å²) in [6.45, 7) is 0. The van der Waals surface area contributed by atoms with Crippen LogP contribution in [0.2, 0.25) is 5.02 Å². The van der Waals surface area contributed by atoms with Gasteiger partial charge in [-0.05, 0) is 12.1 Å². The van der Waals surface area contributed by atoms with Crippen molar-refractivity contribution in [1.29, 1.82) is 0 Å². The lowest BCUT2D eigenvalue weighted by molar-refractivity contribution is 1.13. The Labute approximate surface area is 97.9 Å². The molecule has 0 atom stereocenters. The summed E-state index contributed by atoms with van der Waals surface area (Å²) in [5.74, 6) is 1.04. The van der Waals surface area contributed by atoms with Crippen LogP contribution in [0.1, 0.15) is 5.56 Å². The van der Waals surface area contributed by atoms with Crippen molar-refractivity contribution in [2.24, 2.45) is 0 Å². The molecular weight excluding hydrogens is 231 g/mol. The Hall–Kier alpha value is -1.12. The largest absolute Gasteiger partial charge is 0.236 e. The van der Waals surface area contributed by atoms with Crippen LogP contribution >= 0.6 is 23.2 Å². The maximum absolute atomic E-state index is 6.03. The van der Waals surface area contributed by atoms with Gasteiger partial charge >= 0.3 is 0 Å². The van der Waals surface area contributed by atoms with Gasteiger partial charge in [-0.25, -0.2) is 9.97 Å².